The van der Waals surface area contributed by atoms with Gasteiger partial charge in [-0.15, -0.1) is 0 Å². The Kier molecular flexibility index (Phi) is 7.38. The van der Waals surface area contributed by atoms with Crippen LogP contribution in [0, 0.1) is 0 Å². The molecule has 0 bridgehead atoms. The van der Waals surface area contributed by atoms with E-state index in [0.29, 0.717) is 10.8 Å². The van der Waals surface area contributed by atoms with Crippen LogP contribution in [-0.4, -0.2) is 52.7 Å². The van der Waals surface area contributed by atoms with Crippen molar-refractivity contribution in [3.05, 3.63) is 53.1 Å². The van der Waals surface area contributed by atoms with E-state index in [1.54, 1.807) is 30.3 Å². The molecule has 0 saturated carbocycles. The average molecular weight is 426 g/mol. The number of rotatable bonds is 8. The van der Waals surface area contributed by atoms with Gasteiger partial charge in [-0.1, -0.05) is 23.7 Å². The number of sulfonamides is 1. The molecule has 0 heterocycles. The van der Waals surface area contributed by atoms with Crippen LogP contribution in [0.3, 0.4) is 0 Å². The molecule has 8 nitrogen and oxygen atoms in total. The molecule has 2 aromatic carbocycles. The zero-order chi connectivity index (χ0) is 20.7. The van der Waals surface area contributed by atoms with E-state index in [9.17, 15) is 13.2 Å². The maximum Gasteiger partial charge on any atom is 0.255 e. The van der Waals surface area contributed by atoms with Crippen molar-refractivity contribution in [3.63, 3.8) is 0 Å². The smallest absolute Gasteiger partial charge is 0.255 e. The van der Waals surface area contributed by atoms with Gasteiger partial charge < -0.3 is 9.47 Å². The molecular formula is C18H20ClN3O5S. The summed E-state index contributed by atoms with van der Waals surface area (Å²) < 4.78 is 36.7. The second-order valence-corrected chi connectivity index (χ2v) is 8.07. The highest BCUT2D eigenvalue weighted by Gasteiger charge is 2.27. The second-order valence-electron chi connectivity index (χ2n) is 5.62. The predicted octanol–water partition coefficient (Wildman–Crippen LogP) is 2.13. The number of likely N-dealkylation sites (N-methyl/N-ethyl adjacent to an activating group) is 1. The number of hydrazone groups is 1. The van der Waals surface area contributed by atoms with E-state index in [4.69, 9.17) is 21.1 Å². The van der Waals surface area contributed by atoms with Crippen LogP contribution in [0.15, 0.2) is 52.5 Å². The Bertz CT molecular complexity index is 962. The topological polar surface area (TPSA) is 97.3 Å². The van der Waals surface area contributed by atoms with Crippen LogP contribution in [0.4, 0.5) is 0 Å². The number of amides is 1. The molecule has 0 spiro atoms. The van der Waals surface area contributed by atoms with Crippen LogP contribution in [-0.2, 0) is 14.8 Å². The summed E-state index contributed by atoms with van der Waals surface area (Å²) in [5.41, 5.74) is 3.02. The van der Waals surface area contributed by atoms with Gasteiger partial charge in [0.05, 0.1) is 27.0 Å². The van der Waals surface area contributed by atoms with E-state index in [1.807, 2.05) is 0 Å². The molecular weight excluding hydrogens is 406 g/mol. The zero-order valence-corrected chi connectivity index (χ0v) is 17.1. The molecule has 10 heteroatoms. The molecule has 2 aromatic rings. The Morgan fingerprint density at radius 2 is 1.86 bits per heavy atom. The van der Waals surface area contributed by atoms with Crippen LogP contribution in [0.25, 0.3) is 0 Å². The number of hydrogen-bond donors (Lipinski definition) is 1. The maximum atomic E-state index is 12.8. The van der Waals surface area contributed by atoms with Crippen molar-refractivity contribution in [2.75, 3.05) is 27.8 Å². The van der Waals surface area contributed by atoms with Crippen molar-refractivity contribution in [1.82, 2.24) is 9.73 Å². The summed E-state index contributed by atoms with van der Waals surface area (Å²) in [7, 11) is 0.0828. The van der Waals surface area contributed by atoms with Crippen LogP contribution >= 0.6 is 11.6 Å². The number of carbonyl (C=O) groups excluding carboxylic acids is 1. The molecule has 28 heavy (non-hydrogen) atoms. The van der Waals surface area contributed by atoms with E-state index < -0.39 is 22.5 Å². The Balaban J connectivity index is 2.07. The summed E-state index contributed by atoms with van der Waals surface area (Å²) in [5.74, 6) is -0.100. The lowest BCUT2D eigenvalue weighted by Gasteiger charge is -2.18. The average Bonchev–Trinajstić information content (AvgIpc) is 2.68. The number of nitrogens with one attached hydrogen (secondary N) is 1. The van der Waals surface area contributed by atoms with Crippen LogP contribution in [0.1, 0.15) is 5.56 Å². The van der Waals surface area contributed by atoms with E-state index in [0.717, 1.165) is 9.87 Å². The molecule has 0 fully saturated rings. The minimum absolute atomic E-state index is 0.102. The molecule has 0 aromatic heterocycles. The van der Waals surface area contributed by atoms with Crippen molar-refractivity contribution in [3.8, 4) is 11.5 Å². The van der Waals surface area contributed by atoms with Gasteiger partial charge in [0.1, 0.15) is 16.4 Å². The van der Waals surface area contributed by atoms with E-state index in [2.05, 4.69) is 10.5 Å². The number of halogens is 1. The summed E-state index contributed by atoms with van der Waals surface area (Å²) in [6.45, 7) is -0.430. The highest BCUT2D eigenvalue weighted by molar-refractivity contribution is 7.89. The molecule has 1 amide bonds. The summed E-state index contributed by atoms with van der Waals surface area (Å²) in [4.78, 5) is 11.9. The fourth-order valence-electron chi connectivity index (χ4n) is 2.20. The van der Waals surface area contributed by atoms with Gasteiger partial charge in [0.2, 0.25) is 10.0 Å². The van der Waals surface area contributed by atoms with Crippen LogP contribution in [0.5, 0.6) is 11.5 Å². The van der Waals surface area contributed by atoms with Gasteiger partial charge in [-0.3, -0.25) is 4.79 Å². The first-order chi connectivity index (χ1) is 13.3. The molecule has 2 rings (SSSR count). The minimum atomic E-state index is -3.99. The molecule has 150 valence electrons. The molecule has 0 unspecified atom stereocenters. The minimum Gasteiger partial charge on any atom is -0.497 e. The molecule has 0 aliphatic carbocycles. The van der Waals surface area contributed by atoms with Gasteiger partial charge in [-0.25, -0.2) is 13.8 Å². The third-order valence-corrected chi connectivity index (χ3v) is 5.77. The van der Waals surface area contributed by atoms with Crippen LogP contribution < -0.4 is 14.9 Å². The summed E-state index contributed by atoms with van der Waals surface area (Å²) >= 11 is 5.79. The van der Waals surface area contributed by atoms with Gasteiger partial charge in [0.25, 0.3) is 5.91 Å². The molecule has 0 atom stereocenters. The summed E-state index contributed by atoms with van der Waals surface area (Å²) in [6.07, 6.45) is 1.42. The lowest BCUT2D eigenvalue weighted by atomic mass is 10.2. The standard InChI is InChI=1S/C18H20ClN3O5S/c1-22(12-18(23)21-20-11-13-4-6-14(19)7-5-13)28(24,25)17-10-15(26-2)8-9-16(17)27-3/h4-11H,12H2,1-3H3,(H,21,23). The largest absolute Gasteiger partial charge is 0.497 e. The van der Waals surface area contributed by atoms with E-state index >= 15 is 0 Å². The predicted molar refractivity (Wildman–Crippen MR) is 107 cm³/mol. The molecule has 0 aliphatic heterocycles. The third kappa shape index (κ3) is 5.44. The lowest BCUT2D eigenvalue weighted by molar-refractivity contribution is -0.121. The highest BCUT2D eigenvalue weighted by atomic mass is 35.5. The number of ether oxygens (including phenoxy) is 2. The quantitative estimate of drug-likeness (QED) is 0.516. The Labute approximate surface area is 168 Å². The van der Waals surface area contributed by atoms with Gasteiger partial charge >= 0.3 is 0 Å². The lowest BCUT2D eigenvalue weighted by Crippen LogP contribution is -2.36. The zero-order valence-electron chi connectivity index (χ0n) is 15.5. The van der Waals surface area contributed by atoms with Crippen molar-refractivity contribution >= 4 is 33.7 Å². The van der Waals surface area contributed by atoms with Crippen molar-refractivity contribution in [2.45, 2.75) is 4.90 Å². The fraction of sp³-hybridized carbons (Fsp3) is 0.222. The Hall–Kier alpha value is -2.62. The third-order valence-electron chi connectivity index (χ3n) is 3.70. The number of carbonyl (C=O) groups is 1. The number of hydrogen-bond acceptors (Lipinski definition) is 6. The van der Waals surface area contributed by atoms with Crippen LogP contribution in [0.2, 0.25) is 5.02 Å². The van der Waals surface area contributed by atoms with Gasteiger partial charge in [-0.2, -0.15) is 9.41 Å². The molecule has 0 radical (unpaired) electrons. The number of methoxy groups -OCH3 is 2. The Morgan fingerprint density at radius 1 is 1.18 bits per heavy atom. The number of nitrogens with zero attached hydrogens (tertiary/aromatic N) is 2. The Morgan fingerprint density at radius 3 is 2.46 bits per heavy atom. The molecule has 0 aliphatic rings. The summed E-state index contributed by atoms with van der Waals surface area (Å²) in [6, 6.07) is 11.2. The van der Waals surface area contributed by atoms with Gasteiger partial charge in [-0.05, 0) is 29.8 Å². The first kappa shape index (κ1) is 21.7. The highest BCUT2D eigenvalue weighted by Crippen LogP contribution is 2.30. The number of benzene rings is 2. The maximum absolute atomic E-state index is 12.8. The van der Waals surface area contributed by atoms with E-state index in [1.165, 1.54) is 39.6 Å². The summed E-state index contributed by atoms with van der Waals surface area (Å²) in [5, 5.41) is 4.39. The first-order valence-corrected chi connectivity index (χ1v) is 9.85. The van der Waals surface area contributed by atoms with Gasteiger partial charge in [0.15, 0.2) is 0 Å². The fourth-order valence-corrected chi connectivity index (χ4v) is 3.62. The SMILES string of the molecule is COc1ccc(OC)c(S(=O)(=O)N(C)CC(=O)NN=Cc2ccc(Cl)cc2)c1. The van der Waals surface area contributed by atoms with Crippen molar-refractivity contribution in [1.29, 1.82) is 0 Å². The first-order valence-electron chi connectivity index (χ1n) is 8.03. The molecule has 1 N–H and O–H groups in total. The van der Waals surface area contributed by atoms with Crippen molar-refractivity contribution < 1.29 is 22.7 Å². The second kappa shape index (κ2) is 9.54. The van der Waals surface area contributed by atoms with Crippen molar-refractivity contribution in [2.24, 2.45) is 5.10 Å². The van der Waals surface area contributed by atoms with E-state index in [-0.39, 0.29) is 10.6 Å². The monoisotopic (exact) mass is 425 g/mol. The molecule has 0 saturated heterocycles. The van der Waals surface area contributed by atoms with Gasteiger partial charge in [0, 0.05) is 18.1 Å². The normalized spacial score (nSPS) is 11.6.